The average molecular weight is 929 g/mol. The molecule has 0 aliphatic rings. The summed E-state index contributed by atoms with van der Waals surface area (Å²) in [6, 6.07) is -0.706. The van der Waals surface area contributed by atoms with Gasteiger partial charge in [-0.1, -0.05) is 256 Å². The van der Waals surface area contributed by atoms with Crippen molar-refractivity contribution in [3.8, 4) is 0 Å². The number of esters is 1. The molecule has 388 valence electrons. The minimum absolute atomic E-state index is 0.0683. The van der Waals surface area contributed by atoms with E-state index in [2.05, 4.69) is 62.5 Å². The van der Waals surface area contributed by atoms with Gasteiger partial charge in [-0.25, -0.2) is 0 Å². The highest BCUT2D eigenvalue weighted by Crippen LogP contribution is 2.18. The summed E-state index contributed by atoms with van der Waals surface area (Å²) in [5, 5.41) is 23.9. The lowest BCUT2D eigenvalue weighted by atomic mass is 10.0. The highest BCUT2D eigenvalue weighted by molar-refractivity contribution is 5.77. The van der Waals surface area contributed by atoms with Crippen molar-refractivity contribution in [2.24, 2.45) is 0 Å². The fourth-order valence-electron chi connectivity index (χ4n) is 9.01. The van der Waals surface area contributed by atoms with Crippen molar-refractivity contribution in [1.29, 1.82) is 0 Å². The van der Waals surface area contributed by atoms with Crippen LogP contribution in [0.3, 0.4) is 0 Å². The predicted octanol–water partition coefficient (Wildman–Crippen LogP) is 18.0. The summed E-state index contributed by atoms with van der Waals surface area (Å²) in [4.78, 5) is 26.3. The zero-order valence-corrected chi connectivity index (χ0v) is 44.3. The topological polar surface area (TPSA) is 95.9 Å². The van der Waals surface area contributed by atoms with E-state index in [0.29, 0.717) is 19.3 Å². The summed E-state index contributed by atoms with van der Waals surface area (Å²) in [5.74, 6) is -0.486. The van der Waals surface area contributed by atoms with Gasteiger partial charge in [0.25, 0.3) is 0 Å². The van der Waals surface area contributed by atoms with Crippen molar-refractivity contribution in [3.63, 3.8) is 0 Å². The van der Waals surface area contributed by atoms with Gasteiger partial charge in [0.1, 0.15) is 6.10 Å². The van der Waals surface area contributed by atoms with Gasteiger partial charge in [-0.05, 0) is 77.0 Å². The van der Waals surface area contributed by atoms with Crippen LogP contribution < -0.4 is 5.32 Å². The fourth-order valence-corrected chi connectivity index (χ4v) is 9.01. The highest BCUT2D eigenvalue weighted by atomic mass is 16.5. The van der Waals surface area contributed by atoms with E-state index in [4.69, 9.17) is 4.74 Å². The van der Waals surface area contributed by atoms with Crippen molar-refractivity contribution in [2.75, 3.05) is 6.61 Å². The quantitative estimate of drug-likeness (QED) is 0.0244. The third-order valence-corrected chi connectivity index (χ3v) is 13.5. The normalized spacial score (nSPS) is 13.3. The number of hydrogen-bond donors (Lipinski definition) is 3. The molecule has 0 saturated carbocycles. The molecule has 0 radical (unpaired) electrons. The molecule has 3 N–H and O–H groups in total. The molecule has 3 atom stereocenters. The Labute approximate surface area is 411 Å². The molecule has 0 aromatic rings. The van der Waals surface area contributed by atoms with Crippen molar-refractivity contribution >= 4 is 11.9 Å². The number of amides is 1. The number of aliphatic hydroxyl groups is 2. The maximum Gasteiger partial charge on any atom is 0.306 e. The van der Waals surface area contributed by atoms with Crippen LogP contribution in [0.2, 0.25) is 0 Å². The van der Waals surface area contributed by atoms with Gasteiger partial charge in [0.05, 0.1) is 25.2 Å². The summed E-state index contributed by atoms with van der Waals surface area (Å²) in [6.45, 7) is 6.49. The minimum Gasteiger partial charge on any atom is -0.462 e. The van der Waals surface area contributed by atoms with Crippen LogP contribution in [0.25, 0.3) is 0 Å². The number of carbonyl (C=O) groups is 2. The molecule has 6 heteroatoms. The molecule has 0 heterocycles. The Hall–Kier alpha value is -1.92. The second kappa shape index (κ2) is 54.0. The van der Waals surface area contributed by atoms with Gasteiger partial charge in [0.2, 0.25) is 5.91 Å². The molecule has 0 spiro atoms. The van der Waals surface area contributed by atoms with Gasteiger partial charge in [0, 0.05) is 6.42 Å². The van der Waals surface area contributed by atoms with Crippen molar-refractivity contribution < 1.29 is 24.5 Å². The molecule has 1 amide bonds. The molecule has 0 fully saturated rings. The molecule has 0 aromatic heterocycles. The van der Waals surface area contributed by atoms with E-state index < -0.39 is 18.2 Å². The first-order chi connectivity index (χ1) is 32.5. The molecular formula is C60H113NO5. The van der Waals surface area contributed by atoms with Gasteiger partial charge < -0.3 is 20.3 Å². The zero-order valence-electron chi connectivity index (χ0n) is 44.3. The second-order valence-corrected chi connectivity index (χ2v) is 20.1. The van der Waals surface area contributed by atoms with Crippen LogP contribution in [0.4, 0.5) is 0 Å². The number of carbonyl (C=O) groups excluding carboxylic acids is 2. The molecule has 0 rings (SSSR count). The van der Waals surface area contributed by atoms with Crippen molar-refractivity contribution in [3.05, 3.63) is 36.5 Å². The molecule has 0 aliphatic heterocycles. The summed E-state index contributed by atoms with van der Waals surface area (Å²) in [5.41, 5.74) is 0. The first-order valence-corrected chi connectivity index (χ1v) is 29.2. The van der Waals surface area contributed by atoms with Gasteiger partial charge in [-0.2, -0.15) is 0 Å². The van der Waals surface area contributed by atoms with Crippen LogP contribution in [-0.2, 0) is 14.3 Å². The van der Waals surface area contributed by atoms with Crippen LogP contribution >= 0.6 is 0 Å². The lowest BCUT2D eigenvalue weighted by molar-refractivity contribution is -0.151. The number of rotatable bonds is 53. The SMILES string of the molecule is CCCCCC/C=C\CCCCCCCC(CC(=O)NC(CO)C(O)CCCCCCCCCCCCCCCCCC)OC(=O)CCCCCCC/C=C/C=C/CCCCCCCCC. The molecule has 0 saturated heterocycles. The number of allylic oxidation sites excluding steroid dienone is 6. The second-order valence-electron chi connectivity index (χ2n) is 20.1. The molecule has 0 aliphatic carbocycles. The number of hydrogen-bond acceptors (Lipinski definition) is 5. The van der Waals surface area contributed by atoms with Crippen LogP contribution in [0, 0.1) is 0 Å². The Morgan fingerprint density at radius 2 is 0.773 bits per heavy atom. The summed E-state index contributed by atoms with van der Waals surface area (Å²) in [7, 11) is 0. The van der Waals surface area contributed by atoms with Crippen LogP contribution in [-0.4, -0.2) is 46.9 Å². The third kappa shape index (κ3) is 48.5. The zero-order chi connectivity index (χ0) is 48.1. The van der Waals surface area contributed by atoms with E-state index in [1.54, 1.807) is 0 Å². The van der Waals surface area contributed by atoms with Crippen LogP contribution in [0.15, 0.2) is 36.5 Å². The maximum atomic E-state index is 13.3. The van der Waals surface area contributed by atoms with Crippen molar-refractivity contribution in [1.82, 2.24) is 5.32 Å². The third-order valence-electron chi connectivity index (χ3n) is 13.5. The fraction of sp³-hybridized carbons (Fsp3) is 0.867. The monoisotopic (exact) mass is 928 g/mol. The summed E-state index contributed by atoms with van der Waals surface area (Å²) in [6.07, 6.45) is 64.9. The molecule has 0 bridgehead atoms. The van der Waals surface area contributed by atoms with E-state index in [1.807, 2.05) is 0 Å². The summed E-state index contributed by atoms with van der Waals surface area (Å²) >= 11 is 0. The standard InChI is InChI=1S/C60H113NO5/c1-4-7-10-13-16-19-22-25-27-29-30-32-35-38-41-44-47-50-53-60(65)66-56(51-48-45-42-39-36-33-24-21-18-15-12-9-6-3)54-59(64)61-57(55-62)58(63)52-49-46-43-40-37-34-31-28-26-23-20-17-14-11-8-5-2/h21,24,27,29-30,32,56-58,62-63H,4-20,22-23,25-26,28,31,33-55H2,1-3H3,(H,61,64)/b24-21-,29-27+,32-30+. The first kappa shape index (κ1) is 64.1. The largest absolute Gasteiger partial charge is 0.462 e. The van der Waals surface area contributed by atoms with E-state index in [0.717, 1.165) is 70.6 Å². The first-order valence-electron chi connectivity index (χ1n) is 29.2. The van der Waals surface area contributed by atoms with Crippen LogP contribution in [0.5, 0.6) is 0 Å². The number of nitrogens with one attached hydrogen (secondary N) is 1. The Balaban J connectivity index is 4.53. The lowest BCUT2D eigenvalue weighted by Gasteiger charge is -2.24. The number of aliphatic hydroxyl groups excluding tert-OH is 2. The van der Waals surface area contributed by atoms with Gasteiger partial charge >= 0.3 is 5.97 Å². The van der Waals surface area contributed by atoms with Crippen molar-refractivity contribution in [2.45, 2.75) is 328 Å². The van der Waals surface area contributed by atoms with Gasteiger partial charge in [-0.3, -0.25) is 9.59 Å². The van der Waals surface area contributed by atoms with E-state index in [-0.39, 0.29) is 24.9 Å². The maximum absolute atomic E-state index is 13.3. The Kier molecular flexibility index (Phi) is 52.5. The van der Waals surface area contributed by atoms with Gasteiger partial charge in [-0.15, -0.1) is 0 Å². The molecule has 0 aromatic carbocycles. The van der Waals surface area contributed by atoms with Crippen LogP contribution in [0.1, 0.15) is 310 Å². The van der Waals surface area contributed by atoms with Gasteiger partial charge in [0.15, 0.2) is 0 Å². The Bertz CT molecular complexity index is 1090. The highest BCUT2D eigenvalue weighted by Gasteiger charge is 2.24. The number of ether oxygens (including phenoxy) is 1. The van der Waals surface area contributed by atoms with E-state index in [1.165, 1.54) is 193 Å². The minimum atomic E-state index is -0.792. The Morgan fingerprint density at radius 1 is 0.439 bits per heavy atom. The molecule has 3 unspecified atom stereocenters. The lowest BCUT2D eigenvalue weighted by Crippen LogP contribution is -2.46. The number of unbranched alkanes of at least 4 members (excludes halogenated alkanes) is 36. The predicted molar refractivity (Wildman–Crippen MR) is 287 cm³/mol. The van der Waals surface area contributed by atoms with E-state index >= 15 is 0 Å². The molecule has 6 nitrogen and oxygen atoms in total. The summed E-state index contributed by atoms with van der Waals surface area (Å²) < 4.78 is 5.95. The molecule has 66 heavy (non-hydrogen) atoms. The average Bonchev–Trinajstić information content (AvgIpc) is 3.31. The molecular weight excluding hydrogens is 815 g/mol. The Morgan fingerprint density at radius 3 is 1.18 bits per heavy atom. The van der Waals surface area contributed by atoms with E-state index in [9.17, 15) is 19.8 Å². The smallest absolute Gasteiger partial charge is 0.306 e.